The number of thiophene rings is 1. The Hall–Kier alpha value is -2.72. The summed E-state index contributed by atoms with van der Waals surface area (Å²) in [5.41, 5.74) is 5.49. The molecule has 0 spiro atoms. The van der Waals surface area contributed by atoms with Crippen LogP contribution in [0.3, 0.4) is 0 Å². The Morgan fingerprint density at radius 1 is 0.968 bits per heavy atom. The average molecular weight is 428 g/mol. The Labute approximate surface area is 188 Å². The van der Waals surface area contributed by atoms with Crippen molar-refractivity contribution < 1.29 is 0 Å². The van der Waals surface area contributed by atoms with Gasteiger partial charge >= 0.3 is 0 Å². The standard InChI is InChI=1S/C27H29N3S/c1-3-25-29-26(24-17-18(2)31-27(24)30-25)28-16-4-5-19-6-8-20(9-7-19)21-10-12-22(13-11-21)23-14-15-23/h6-13,17,23H,3-5,14-16H2,1-2H3,(H,28,29,30). The van der Waals surface area contributed by atoms with Crippen LogP contribution < -0.4 is 5.32 Å². The number of hydrogen-bond acceptors (Lipinski definition) is 4. The molecule has 0 saturated heterocycles. The summed E-state index contributed by atoms with van der Waals surface area (Å²) >= 11 is 1.75. The molecule has 0 bridgehead atoms. The molecule has 1 N–H and O–H groups in total. The van der Waals surface area contributed by atoms with E-state index in [4.69, 9.17) is 4.98 Å². The fourth-order valence-corrected chi connectivity index (χ4v) is 5.00. The predicted molar refractivity (Wildman–Crippen MR) is 132 cm³/mol. The molecule has 0 atom stereocenters. The van der Waals surface area contributed by atoms with Gasteiger partial charge in [-0.2, -0.15) is 0 Å². The molecular formula is C27H29N3S. The second-order valence-electron chi connectivity index (χ2n) is 8.54. The normalized spacial score (nSPS) is 13.6. The minimum Gasteiger partial charge on any atom is -0.369 e. The maximum absolute atomic E-state index is 4.73. The molecule has 0 amide bonds. The van der Waals surface area contributed by atoms with Crippen molar-refractivity contribution in [2.24, 2.45) is 0 Å². The fraction of sp³-hybridized carbons (Fsp3) is 0.333. The lowest BCUT2D eigenvalue weighted by Crippen LogP contribution is -2.07. The largest absolute Gasteiger partial charge is 0.369 e. The van der Waals surface area contributed by atoms with Crippen molar-refractivity contribution in [2.75, 3.05) is 11.9 Å². The third kappa shape index (κ3) is 4.64. The van der Waals surface area contributed by atoms with Crippen LogP contribution in [0.25, 0.3) is 21.3 Å². The number of anilines is 1. The lowest BCUT2D eigenvalue weighted by molar-refractivity contribution is 0.855. The van der Waals surface area contributed by atoms with E-state index in [9.17, 15) is 0 Å². The molecule has 0 radical (unpaired) electrons. The summed E-state index contributed by atoms with van der Waals surface area (Å²) in [7, 11) is 0. The maximum atomic E-state index is 4.73. The summed E-state index contributed by atoms with van der Waals surface area (Å²) in [5.74, 6) is 2.72. The number of aromatic nitrogens is 2. The van der Waals surface area contributed by atoms with E-state index < -0.39 is 0 Å². The first-order chi connectivity index (χ1) is 15.2. The van der Waals surface area contributed by atoms with Crippen LogP contribution in [0.4, 0.5) is 5.82 Å². The Balaban J connectivity index is 1.18. The first-order valence-electron chi connectivity index (χ1n) is 11.4. The smallest absolute Gasteiger partial charge is 0.138 e. The van der Waals surface area contributed by atoms with Gasteiger partial charge in [-0.05, 0) is 66.8 Å². The monoisotopic (exact) mass is 427 g/mol. The third-order valence-electron chi connectivity index (χ3n) is 6.06. The van der Waals surface area contributed by atoms with Crippen molar-refractivity contribution in [3.8, 4) is 11.1 Å². The molecule has 2 heterocycles. The van der Waals surface area contributed by atoms with Gasteiger partial charge < -0.3 is 5.32 Å². The van der Waals surface area contributed by atoms with E-state index in [1.165, 1.54) is 40.0 Å². The van der Waals surface area contributed by atoms with Gasteiger partial charge in [0.15, 0.2) is 0 Å². The van der Waals surface area contributed by atoms with Crippen molar-refractivity contribution in [2.45, 2.75) is 51.9 Å². The Bertz CT molecular complexity index is 1170. The molecule has 158 valence electrons. The van der Waals surface area contributed by atoms with Crippen LogP contribution in [-0.2, 0) is 12.8 Å². The minimum absolute atomic E-state index is 0.820. The lowest BCUT2D eigenvalue weighted by Gasteiger charge is -2.09. The van der Waals surface area contributed by atoms with Gasteiger partial charge in [0, 0.05) is 17.8 Å². The van der Waals surface area contributed by atoms with E-state index in [2.05, 4.69) is 78.7 Å². The van der Waals surface area contributed by atoms with E-state index in [1.54, 1.807) is 11.3 Å². The van der Waals surface area contributed by atoms with Gasteiger partial charge in [0.2, 0.25) is 0 Å². The van der Waals surface area contributed by atoms with Gasteiger partial charge in [-0.1, -0.05) is 55.5 Å². The summed E-state index contributed by atoms with van der Waals surface area (Å²) in [5, 5.41) is 4.71. The molecule has 0 unspecified atom stereocenters. The number of benzene rings is 2. The molecule has 31 heavy (non-hydrogen) atoms. The highest BCUT2D eigenvalue weighted by molar-refractivity contribution is 7.18. The van der Waals surface area contributed by atoms with Gasteiger partial charge in [0.25, 0.3) is 0 Å². The summed E-state index contributed by atoms with van der Waals surface area (Å²) in [6.07, 6.45) is 5.71. The number of nitrogens with zero attached hydrogens (tertiary/aromatic N) is 2. The molecule has 1 aliphatic rings. The molecule has 3 nitrogen and oxygen atoms in total. The number of fused-ring (bicyclic) bond motifs is 1. The predicted octanol–water partition coefficient (Wildman–Crippen LogP) is 7.15. The van der Waals surface area contributed by atoms with Gasteiger partial charge in [0.05, 0.1) is 5.39 Å². The number of hydrogen-bond donors (Lipinski definition) is 1. The van der Waals surface area contributed by atoms with Gasteiger partial charge in [0.1, 0.15) is 16.5 Å². The van der Waals surface area contributed by atoms with E-state index in [1.807, 2.05) is 0 Å². The highest BCUT2D eigenvalue weighted by atomic mass is 32.1. The highest BCUT2D eigenvalue weighted by Crippen LogP contribution is 2.40. The first-order valence-corrected chi connectivity index (χ1v) is 12.2. The minimum atomic E-state index is 0.820. The van der Waals surface area contributed by atoms with Crippen molar-refractivity contribution in [3.63, 3.8) is 0 Å². The SMILES string of the molecule is CCc1nc(NCCCc2ccc(-c3ccc(C4CC4)cc3)cc2)c2cc(C)sc2n1. The summed E-state index contributed by atoms with van der Waals surface area (Å²) < 4.78 is 0. The average Bonchev–Trinajstić information content (AvgIpc) is 3.58. The van der Waals surface area contributed by atoms with Crippen LogP contribution in [0.2, 0.25) is 0 Å². The summed E-state index contributed by atoms with van der Waals surface area (Å²) in [6, 6.07) is 20.4. The highest BCUT2D eigenvalue weighted by Gasteiger charge is 2.22. The second-order valence-corrected chi connectivity index (χ2v) is 9.78. The van der Waals surface area contributed by atoms with Crippen molar-refractivity contribution in [1.29, 1.82) is 0 Å². The zero-order valence-electron chi connectivity index (χ0n) is 18.3. The van der Waals surface area contributed by atoms with Crippen LogP contribution in [-0.4, -0.2) is 16.5 Å². The molecule has 5 rings (SSSR count). The molecule has 1 saturated carbocycles. The summed E-state index contributed by atoms with van der Waals surface area (Å²) in [4.78, 5) is 11.8. The van der Waals surface area contributed by atoms with Crippen LogP contribution in [0.15, 0.2) is 54.6 Å². The van der Waals surface area contributed by atoms with E-state index >= 15 is 0 Å². The van der Waals surface area contributed by atoms with Crippen molar-refractivity contribution in [3.05, 3.63) is 76.4 Å². The topological polar surface area (TPSA) is 37.8 Å². The molecule has 4 heteroatoms. The Morgan fingerprint density at radius 3 is 2.35 bits per heavy atom. The van der Waals surface area contributed by atoms with Crippen LogP contribution >= 0.6 is 11.3 Å². The number of aryl methyl sites for hydroxylation is 3. The summed E-state index contributed by atoms with van der Waals surface area (Å²) in [6.45, 7) is 5.15. The third-order valence-corrected chi connectivity index (χ3v) is 7.00. The van der Waals surface area contributed by atoms with Crippen LogP contribution in [0.1, 0.15) is 53.9 Å². The molecule has 0 aliphatic heterocycles. The fourth-order valence-electron chi connectivity index (χ4n) is 4.11. The van der Waals surface area contributed by atoms with E-state index in [-0.39, 0.29) is 0 Å². The molecule has 1 aliphatic carbocycles. The van der Waals surface area contributed by atoms with Crippen molar-refractivity contribution >= 4 is 27.4 Å². The molecule has 4 aromatic rings. The molecule has 2 aromatic heterocycles. The maximum Gasteiger partial charge on any atom is 0.138 e. The Kier molecular flexibility index (Phi) is 5.73. The lowest BCUT2D eigenvalue weighted by atomic mass is 10.00. The Morgan fingerprint density at radius 2 is 1.68 bits per heavy atom. The zero-order valence-corrected chi connectivity index (χ0v) is 19.1. The number of rotatable bonds is 8. The van der Waals surface area contributed by atoms with E-state index in [0.29, 0.717) is 0 Å². The van der Waals surface area contributed by atoms with Crippen LogP contribution in [0, 0.1) is 6.92 Å². The van der Waals surface area contributed by atoms with Crippen LogP contribution in [0.5, 0.6) is 0 Å². The van der Waals surface area contributed by atoms with Gasteiger partial charge in [-0.15, -0.1) is 11.3 Å². The number of nitrogens with one attached hydrogen (secondary N) is 1. The molecule has 2 aromatic carbocycles. The molecular weight excluding hydrogens is 398 g/mol. The molecule has 1 fully saturated rings. The van der Waals surface area contributed by atoms with E-state index in [0.717, 1.165) is 53.6 Å². The quantitative estimate of drug-likeness (QED) is 0.303. The van der Waals surface area contributed by atoms with Gasteiger partial charge in [-0.3, -0.25) is 0 Å². The van der Waals surface area contributed by atoms with Crippen molar-refractivity contribution in [1.82, 2.24) is 9.97 Å². The first kappa shape index (κ1) is 20.2. The second kappa shape index (κ2) is 8.80. The zero-order chi connectivity index (χ0) is 21.2. The van der Waals surface area contributed by atoms with Gasteiger partial charge in [-0.25, -0.2) is 9.97 Å².